The minimum Gasteiger partial charge on any atom is -0.462 e. The average molecular weight is 439 g/mol. The number of hydrogen-bond acceptors (Lipinski definition) is 2. The van der Waals surface area contributed by atoms with Crippen molar-refractivity contribution in [1.29, 1.82) is 0 Å². The number of likely N-dealkylation sites (N-methyl/N-ethyl adjacent to an activating group) is 1. The highest BCUT2D eigenvalue weighted by Gasteiger charge is 2.18. The first kappa shape index (κ1) is 30.2. The minimum atomic E-state index is -0.0554. The molecule has 0 amide bonds. The second kappa shape index (κ2) is 22.4. The maximum absolute atomic E-state index is 11.8. The third-order valence-corrected chi connectivity index (χ3v) is 6.33. The summed E-state index contributed by atoms with van der Waals surface area (Å²) in [5, 5.41) is 0. The van der Waals surface area contributed by atoms with Crippen LogP contribution in [0.2, 0.25) is 0 Å². The Labute approximate surface area is 195 Å². The fourth-order valence-corrected chi connectivity index (χ4v) is 3.75. The van der Waals surface area contributed by atoms with Gasteiger partial charge in [0.15, 0.2) is 6.54 Å². The third kappa shape index (κ3) is 23.7. The number of quaternary nitrogens is 1. The number of ether oxygens (including phenoxy) is 1. The SMILES string of the molecule is CCCCCCCC/C=C/CCCCCCCCCCCCOC(=O)C[N+](C)(C)CC. The molecule has 0 fully saturated rings. The average Bonchev–Trinajstić information content (AvgIpc) is 2.74. The van der Waals surface area contributed by atoms with Crippen LogP contribution in [0.1, 0.15) is 129 Å². The monoisotopic (exact) mass is 438 g/mol. The van der Waals surface area contributed by atoms with E-state index in [0.29, 0.717) is 17.6 Å². The van der Waals surface area contributed by atoms with E-state index in [0.717, 1.165) is 13.0 Å². The Morgan fingerprint density at radius 2 is 1.06 bits per heavy atom. The normalized spacial score (nSPS) is 12.0. The van der Waals surface area contributed by atoms with Gasteiger partial charge in [-0.15, -0.1) is 0 Å². The van der Waals surface area contributed by atoms with E-state index in [4.69, 9.17) is 4.74 Å². The fourth-order valence-electron chi connectivity index (χ4n) is 3.75. The van der Waals surface area contributed by atoms with E-state index in [1.165, 1.54) is 109 Å². The van der Waals surface area contributed by atoms with Crippen molar-refractivity contribution in [3.63, 3.8) is 0 Å². The van der Waals surface area contributed by atoms with Crippen LogP contribution in [-0.2, 0) is 9.53 Å². The summed E-state index contributed by atoms with van der Waals surface area (Å²) in [5.74, 6) is -0.0554. The molecular formula is C28H56NO2+. The van der Waals surface area contributed by atoms with Gasteiger partial charge in [0.2, 0.25) is 0 Å². The van der Waals surface area contributed by atoms with Gasteiger partial charge in [-0.2, -0.15) is 0 Å². The number of allylic oxidation sites excluding steroid dienone is 2. The van der Waals surface area contributed by atoms with Gasteiger partial charge in [-0.3, -0.25) is 0 Å². The Kier molecular flexibility index (Phi) is 21.8. The summed E-state index contributed by atoms with van der Waals surface area (Å²) in [6.45, 7) is 6.40. The van der Waals surface area contributed by atoms with Crippen LogP contribution in [0, 0.1) is 0 Å². The lowest BCUT2D eigenvalue weighted by Gasteiger charge is -2.26. The smallest absolute Gasteiger partial charge is 0.361 e. The molecule has 0 aromatic heterocycles. The first-order valence-corrected chi connectivity index (χ1v) is 13.6. The van der Waals surface area contributed by atoms with E-state index in [-0.39, 0.29) is 5.97 Å². The van der Waals surface area contributed by atoms with Crippen LogP contribution >= 0.6 is 0 Å². The van der Waals surface area contributed by atoms with Crippen molar-refractivity contribution in [2.45, 2.75) is 129 Å². The van der Waals surface area contributed by atoms with Crippen molar-refractivity contribution < 1.29 is 14.0 Å². The van der Waals surface area contributed by atoms with Crippen LogP contribution in [0.15, 0.2) is 12.2 Å². The number of esters is 1. The van der Waals surface area contributed by atoms with Crippen molar-refractivity contribution >= 4 is 5.97 Å². The van der Waals surface area contributed by atoms with Gasteiger partial charge in [-0.25, -0.2) is 4.79 Å². The van der Waals surface area contributed by atoms with Crippen LogP contribution in [0.4, 0.5) is 0 Å². The molecule has 31 heavy (non-hydrogen) atoms. The Hall–Kier alpha value is -0.830. The predicted molar refractivity (Wildman–Crippen MR) is 136 cm³/mol. The molecule has 0 heterocycles. The van der Waals surface area contributed by atoms with E-state index in [9.17, 15) is 4.79 Å². The van der Waals surface area contributed by atoms with Gasteiger partial charge < -0.3 is 9.22 Å². The zero-order valence-electron chi connectivity index (χ0n) is 21.8. The van der Waals surface area contributed by atoms with Gasteiger partial charge in [0.25, 0.3) is 0 Å². The number of unbranched alkanes of at least 4 members (excludes halogenated alkanes) is 16. The summed E-state index contributed by atoms with van der Waals surface area (Å²) >= 11 is 0. The molecule has 0 saturated heterocycles. The van der Waals surface area contributed by atoms with Crippen LogP contribution in [0.25, 0.3) is 0 Å². The molecule has 0 bridgehead atoms. The molecule has 0 spiro atoms. The molecule has 0 rings (SSSR count). The molecule has 0 unspecified atom stereocenters. The van der Waals surface area contributed by atoms with Crippen molar-refractivity contribution in [2.75, 3.05) is 33.8 Å². The maximum atomic E-state index is 11.8. The van der Waals surface area contributed by atoms with Crippen molar-refractivity contribution in [3.8, 4) is 0 Å². The molecule has 0 radical (unpaired) electrons. The molecule has 184 valence electrons. The van der Waals surface area contributed by atoms with Gasteiger partial charge >= 0.3 is 5.97 Å². The molecule has 0 aliphatic heterocycles. The summed E-state index contributed by atoms with van der Waals surface area (Å²) in [5.41, 5.74) is 0. The molecule has 0 aromatic carbocycles. The van der Waals surface area contributed by atoms with E-state index in [1.807, 2.05) is 0 Å². The second-order valence-electron chi connectivity index (χ2n) is 9.98. The predicted octanol–water partition coefficient (Wildman–Crippen LogP) is 8.22. The molecule has 0 aliphatic rings. The Morgan fingerprint density at radius 1 is 0.645 bits per heavy atom. The lowest BCUT2D eigenvalue weighted by Crippen LogP contribution is -2.44. The molecule has 3 heteroatoms. The van der Waals surface area contributed by atoms with E-state index in [2.05, 4.69) is 40.1 Å². The first-order valence-electron chi connectivity index (χ1n) is 13.6. The second-order valence-corrected chi connectivity index (χ2v) is 9.98. The van der Waals surface area contributed by atoms with Gasteiger partial charge in [-0.1, -0.05) is 103 Å². The van der Waals surface area contributed by atoms with E-state index >= 15 is 0 Å². The summed E-state index contributed by atoms with van der Waals surface area (Å²) in [7, 11) is 4.13. The summed E-state index contributed by atoms with van der Waals surface area (Å²) in [4.78, 5) is 11.8. The minimum absolute atomic E-state index is 0.0554. The standard InChI is InChI=1S/C28H56NO2/c1-5-7-8-9-10-11-12-13-14-15-16-17-18-19-20-21-22-23-24-25-26-31-28(30)27-29(3,4)6-2/h13-14H,5-12,15-27H2,1-4H3/q+1/b14-13+. The van der Waals surface area contributed by atoms with Crippen LogP contribution in [-0.4, -0.2) is 44.2 Å². The summed E-state index contributed by atoms with van der Waals surface area (Å²) in [6, 6.07) is 0. The van der Waals surface area contributed by atoms with Crippen LogP contribution < -0.4 is 0 Å². The van der Waals surface area contributed by atoms with Gasteiger partial charge in [0.1, 0.15) is 0 Å². The quantitative estimate of drug-likeness (QED) is 0.0695. The molecule has 0 aliphatic carbocycles. The number of hydrogen-bond donors (Lipinski definition) is 0. The molecule has 0 saturated carbocycles. The fraction of sp³-hybridized carbons (Fsp3) is 0.893. The number of rotatable bonds is 23. The highest BCUT2D eigenvalue weighted by molar-refractivity contribution is 5.70. The number of carbonyl (C=O) groups is 1. The van der Waals surface area contributed by atoms with Crippen molar-refractivity contribution in [3.05, 3.63) is 12.2 Å². The first-order chi connectivity index (χ1) is 15.0. The molecule has 0 atom stereocenters. The largest absolute Gasteiger partial charge is 0.462 e. The van der Waals surface area contributed by atoms with Crippen molar-refractivity contribution in [2.24, 2.45) is 0 Å². The molecular weight excluding hydrogens is 382 g/mol. The lowest BCUT2D eigenvalue weighted by atomic mass is 10.1. The molecule has 3 nitrogen and oxygen atoms in total. The Balaban J connectivity index is 3.22. The van der Waals surface area contributed by atoms with Crippen LogP contribution in [0.5, 0.6) is 0 Å². The summed E-state index contributed by atoms with van der Waals surface area (Å²) < 4.78 is 6.06. The zero-order chi connectivity index (χ0) is 23.0. The zero-order valence-corrected chi connectivity index (χ0v) is 21.8. The maximum Gasteiger partial charge on any atom is 0.361 e. The third-order valence-electron chi connectivity index (χ3n) is 6.33. The van der Waals surface area contributed by atoms with E-state index < -0.39 is 0 Å². The van der Waals surface area contributed by atoms with Gasteiger partial charge in [0.05, 0.1) is 27.2 Å². The highest BCUT2D eigenvalue weighted by Crippen LogP contribution is 2.12. The Morgan fingerprint density at radius 3 is 1.52 bits per heavy atom. The number of carbonyl (C=O) groups excluding carboxylic acids is 1. The highest BCUT2D eigenvalue weighted by atomic mass is 16.5. The van der Waals surface area contributed by atoms with Crippen LogP contribution in [0.3, 0.4) is 0 Å². The van der Waals surface area contributed by atoms with Gasteiger partial charge in [-0.05, 0) is 39.0 Å². The van der Waals surface area contributed by atoms with E-state index in [1.54, 1.807) is 0 Å². The Bertz CT molecular complexity index is 417. The lowest BCUT2D eigenvalue weighted by molar-refractivity contribution is -0.881. The number of nitrogens with zero attached hydrogens (tertiary/aromatic N) is 1. The molecule has 0 aromatic rings. The van der Waals surface area contributed by atoms with Crippen molar-refractivity contribution in [1.82, 2.24) is 0 Å². The summed E-state index contributed by atoms with van der Waals surface area (Å²) in [6.07, 6.45) is 28.9. The van der Waals surface area contributed by atoms with Gasteiger partial charge in [0, 0.05) is 0 Å². The topological polar surface area (TPSA) is 26.3 Å². The molecule has 0 N–H and O–H groups in total.